The molecule has 0 N–H and O–H groups in total. The molecule has 2 atom stereocenters. The highest BCUT2D eigenvalue weighted by Gasteiger charge is 2.42. The van der Waals surface area contributed by atoms with Crippen LogP contribution in [0, 0.1) is 23.2 Å². The van der Waals surface area contributed by atoms with Crippen LogP contribution in [0.3, 0.4) is 0 Å². The minimum Gasteiger partial charge on any atom is -0.340 e. The van der Waals surface area contributed by atoms with E-state index >= 15 is 0 Å². The summed E-state index contributed by atoms with van der Waals surface area (Å²) in [6.45, 7) is 3.43. The Morgan fingerprint density at radius 3 is 2.39 bits per heavy atom. The molecule has 122 valence electrons. The van der Waals surface area contributed by atoms with E-state index in [0.717, 1.165) is 6.42 Å². The number of hydrogen-bond acceptors (Lipinski definition) is 4. The van der Waals surface area contributed by atoms with Gasteiger partial charge >= 0.3 is 0 Å². The Bertz CT molecular complexity index is 761. The van der Waals surface area contributed by atoms with E-state index < -0.39 is 10.0 Å². The molecule has 2 fully saturated rings. The normalized spacial score (nSPS) is 25.0. The van der Waals surface area contributed by atoms with Crippen molar-refractivity contribution in [3.63, 3.8) is 0 Å². The molecule has 1 aromatic rings. The smallest absolute Gasteiger partial charge is 0.244 e. The van der Waals surface area contributed by atoms with E-state index in [0.29, 0.717) is 19.0 Å². The van der Waals surface area contributed by atoms with Gasteiger partial charge in [0.1, 0.15) is 6.07 Å². The van der Waals surface area contributed by atoms with E-state index in [1.165, 1.54) is 16.4 Å². The quantitative estimate of drug-likeness (QED) is 0.828. The van der Waals surface area contributed by atoms with E-state index in [1.807, 2.05) is 6.07 Å². The van der Waals surface area contributed by atoms with Crippen LogP contribution in [-0.2, 0) is 14.8 Å². The SMILES string of the molecule is C[C@H]1C[C@H]1C(=O)N1CCN(S(=O)(=O)c2ccccc2C#N)CC1. The number of amides is 1. The van der Waals surface area contributed by atoms with Crippen LogP contribution in [0.15, 0.2) is 29.2 Å². The lowest BCUT2D eigenvalue weighted by Crippen LogP contribution is -2.51. The van der Waals surface area contributed by atoms with Crippen molar-refractivity contribution < 1.29 is 13.2 Å². The van der Waals surface area contributed by atoms with Crippen LogP contribution in [0.25, 0.3) is 0 Å². The number of carbonyl (C=O) groups excluding carboxylic acids is 1. The van der Waals surface area contributed by atoms with Gasteiger partial charge in [-0.1, -0.05) is 19.1 Å². The molecule has 1 aromatic carbocycles. The maximum Gasteiger partial charge on any atom is 0.244 e. The number of sulfonamides is 1. The lowest BCUT2D eigenvalue weighted by Gasteiger charge is -2.34. The summed E-state index contributed by atoms with van der Waals surface area (Å²) in [5.74, 6) is 0.719. The van der Waals surface area contributed by atoms with Crippen molar-refractivity contribution >= 4 is 15.9 Å². The Morgan fingerprint density at radius 1 is 1.22 bits per heavy atom. The highest BCUT2D eigenvalue weighted by molar-refractivity contribution is 7.89. The predicted octanol–water partition coefficient (Wildman–Crippen LogP) is 1.05. The second-order valence-electron chi connectivity index (χ2n) is 6.16. The molecular weight excluding hydrogens is 314 g/mol. The van der Waals surface area contributed by atoms with Crippen molar-refractivity contribution in [2.75, 3.05) is 26.2 Å². The van der Waals surface area contributed by atoms with Crippen molar-refractivity contribution in [3.05, 3.63) is 29.8 Å². The third-order valence-corrected chi connectivity index (χ3v) is 6.56. The molecule has 7 heteroatoms. The van der Waals surface area contributed by atoms with Gasteiger partial charge in [-0.15, -0.1) is 0 Å². The minimum atomic E-state index is -3.70. The van der Waals surface area contributed by atoms with Gasteiger partial charge in [0.05, 0.1) is 10.5 Å². The molecule has 6 nitrogen and oxygen atoms in total. The molecule has 0 spiro atoms. The van der Waals surface area contributed by atoms with Crippen LogP contribution >= 0.6 is 0 Å². The van der Waals surface area contributed by atoms with Gasteiger partial charge in [0.2, 0.25) is 15.9 Å². The van der Waals surface area contributed by atoms with Crippen molar-refractivity contribution in [1.29, 1.82) is 5.26 Å². The van der Waals surface area contributed by atoms with E-state index in [9.17, 15) is 13.2 Å². The zero-order valence-electron chi connectivity index (χ0n) is 13.0. The summed E-state index contributed by atoms with van der Waals surface area (Å²) >= 11 is 0. The molecule has 0 radical (unpaired) electrons. The first-order valence-electron chi connectivity index (χ1n) is 7.73. The average Bonchev–Trinajstić information content (AvgIpc) is 3.31. The number of carbonyl (C=O) groups is 1. The number of benzene rings is 1. The number of rotatable bonds is 3. The summed E-state index contributed by atoms with van der Waals surface area (Å²) in [5.41, 5.74) is 0.151. The highest BCUT2D eigenvalue weighted by Crippen LogP contribution is 2.39. The summed E-state index contributed by atoms with van der Waals surface area (Å²) in [5, 5.41) is 9.10. The summed E-state index contributed by atoms with van der Waals surface area (Å²) in [6.07, 6.45) is 0.937. The third-order valence-electron chi connectivity index (χ3n) is 4.60. The first-order chi connectivity index (χ1) is 10.9. The Morgan fingerprint density at radius 2 is 1.83 bits per heavy atom. The van der Waals surface area contributed by atoms with E-state index in [2.05, 4.69) is 6.92 Å². The Kier molecular flexibility index (Phi) is 4.13. The van der Waals surface area contributed by atoms with E-state index in [4.69, 9.17) is 5.26 Å². The first-order valence-corrected chi connectivity index (χ1v) is 9.17. The number of hydrogen-bond donors (Lipinski definition) is 0. The number of nitrogens with zero attached hydrogens (tertiary/aromatic N) is 3. The van der Waals surface area contributed by atoms with Gasteiger partial charge in [-0.25, -0.2) is 8.42 Å². The molecule has 0 aromatic heterocycles. The van der Waals surface area contributed by atoms with E-state index in [1.54, 1.807) is 17.0 Å². The fraction of sp³-hybridized carbons (Fsp3) is 0.500. The van der Waals surface area contributed by atoms with Gasteiger partial charge < -0.3 is 4.90 Å². The van der Waals surface area contributed by atoms with Crippen LogP contribution in [0.5, 0.6) is 0 Å². The molecule has 1 saturated heterocycles. The van der Waals surface area contributed by atoms with Gasteiger partial charge in [0.15, 0.2) is 0 Å². The summed E-state index contributed by atoms with van der Waals surface area (Å²) in [4.78, 5) is 14.0. The summed E-state index contributed by atoms with van der Waals surface area (Å²) in [6, 6.07) is 8.14. The topological polar surface area (TPSA) is 81.5 Å². The van der Waals surface area contributed by atoms with Gasteiger partial charge in [0.25, 0.3) is 0 Å². The maximum absolute atomic E-state index is 12.7. The average molecular weight is 333 g/mol. The van der Waals surface area contributed by atoms with Crippen molar-refractivity contribution in [3.8, 4) is 6.07 Å². The fourth-order valence-corrected chi connectivity index (χ4v) is 4.54. The maximum atomic E-state index is 12.7. The minimum absolute atomic E-state index is 0.0399. The predicted molar refractivity (Wildman–Crippen MR) is 83.8 cm³/mol. The fourth-order valence-electron chi connectivity index (χ4n) is 2.97. The molecule has 1 amide bonds. The molecule has 23 heavy (non-hydrogen) atoms. The van der Waals surface area contributed by atoms with E-state index in [-0.39, 0.29) is 35.4 Å². The second-order valence-corrected chi connectivity index (χ2v) is 8.06. The zero-order valence-corrected chi connectivity index (χ0v) is 13.8. The molecule has 0 unspecified atom stereocenters. The Balaban J connectivity index is 1.72. The monoisotopic (exact) mass is 333 g/mol. The van der Waals surface area contributed by atoms with Crippen molar-refractivity contribution in [2.45, 2.75) is 18.2 Å². The second kappa shape index (κ2) is 5.95. The molecule has 2 aliphatic rings. The van der Waals surface area contributed by atoms with Crippen molar-refractivity contribution in [2.24, 2.45) is 11.8 Å². The Hall–Kier alpha value is -1.91. The molecule has 1 aliphatic heterocycles. The van der Waals surface area contributed by atoms with Crippen LogP contribution in [0.1, 0.15) is 18.9 Å². The molecular formula is C16H19N3O3S. The Labute approximate surface area is 136 Å². The van der Waals surface area contributed by atoms with Gasteiger partial charge in [-0.3, -0.25) is 4.79 Å². The van der Waals surface area contributed by atoms with Crippen LogP contribution in [-0.4, -0.2) is 49.7 Å². The summed E-state index contributed by atoms with van der Waals surface area (Å²) < 4.78 is 26.8. The van der Waals surface area contributed by atoms with Crippen LogP contribution < -0.4 is 0 Å². The molecule has 0 bridgehead atoms. The van der Waals surface area contributed by atoms with Crippen LogP contribution in [0.4, 0.5) is 0 Å². The van der Waals surface area contributed by atoms with Crippen molar-refractivity contribution in [1.82, 2.24) is 9.21 Å². The zero-order chi connectivity index (χ0) is 16.6. The van der Waals surface area contributed by atoms with Gasteiger partial charge in [0, 0.05) is 32.1 Å². The number of nitriles is 1. The lowest BCUT2D eigenvalue weighted by atomic mass is 10.2. The molecule has 3 rings (SSSR count). The van der Waals surface area contributed by atoms with Crippen LogP contribution in [0.2, 0.25) is 0 Å². The van der Waals surface area contributed by atoms with Gasteiger partial charge in [-0.2, -0.15) is 9.57 Å². The lowest BCUT2D eigenvalue weighted by molar-refractivity contribution is -0.134. The molecule has 1 aliphatic carbocycles. The van der Waals surface area contributed by atoms with Gasteiger partial charge in [-0.05, 0) is 24.5 Å². The number of piperazine rings is 1. The molecule has 1 saturated carbocycles. The molecule has 1 heterocycles. The third kappa shape index (κ3) is 2.96. The first kappa shape index (κ1) is 16.0. The largest absolute Gasteiger partial charge is 0.340 e. The standard InChI is InChI=1S/C16H19N3O3S/c1-12-10-14(12)16(20)18-6-8-19(9-7-18)23(21,22)15-5-3-2-4-13(15)11-17/h2-5,12,14H,6-10H2,1H3/t12-,14+/m0/s1. The summed E-state index contributed by atoms with van der Waals surface area (Å²) in [7, 11) is -3.70. The highest BCUT2D eigenvalue weighted by atomic mass is 32.2.